The Bertz CT molecular complexity index is 563. The summed E-state index contributed by atoms with van der Waals surface area (Å²) in [5.74, 6) is -0.702. The lowest BCUT2D eigenvalue weighted by atomic mass is 10.2. The first-order valence-electron chi connectivity index (χ1n) is 7.17. The minimum atomic E-state index is -0.771. The lowest BCUT2D eigenvalue weighted by Crippen LogP contribution is -2.37. The van der Waals surface area contributed by atoms with Crippen LogP contribution in [0.5, 0.6) is 0 Å². The van der Waals surface area contributed by atoms with Crippen LogP contribution in [0.2, 0.25) is 0 Å². The van der Waals surface area contributed by atoms with Crippen molar-refractivity contribution in [2.24, 2.45) is 0 Å². The van der Waals surface area contributed by atoms with Crippen molar-refractivity contribution in [1.29, 1.82) is 0 Å². The predicted molar refractivity (Wildman–Crippen MR) is 86.4 cm³/mol. The van der Waals surface area contributed by atoms with Crippen LogP contribution in [0.3, 0.4) is 0 Å². The molecule has 1 N–H and O–H groups in total. The number of rotatable bonds is 4. The van der Waals surface area contributed by atoms with E-state index in [2.05, 4.69) is 28.9 Å². The summed E-state index contributed by atoms with van der Waals surface area (Å²) in [5, 5.41) is 11.9. The molecule has 1 saturated heterocycles. The molecule has 21 heavy (non-hydrogen) atoms. The summed E-state index contributed by atoms with van der Waals surface area (Å²) < 4.78 is 2.18. The molecular formula is C17H18NO2P. The number of hydrogen-bond donors (Lipinski definition) is 1. The van der Waals surface area contributed by atoms with E-state index in [9.17, 15) is 9.90 Å². The van der Waals surface area contributed by atoms with Crippen LogP contribution >= 0.6 is 8.07 Å². The maximum atomic E-state index is 11.5. The lowest BCUT2D eigenvalue weighted by molar-refractivity contribution is -0.140. The average molecular weight is 299 g/mol. The van der Waals surface area contributed by atoms with Crippen molar-refractivity contribution in [3.05, 3.63) is 60.7 Å². The molecule has 2 aromatic rings. The monoisotopic (exact) mass is 299 g/mol. The zero-order valence-electron chi connectivity index (χ0n) is 11.7. The van der Waals surface area contributed by atoms with Gasteiger partial charge in [0.1, 0.15) is 6.04 Å². The van der Waals surface area contributed by atoms with Crippen LogP contribution in [0.1, 0.15) is 12.8 Å². The molecule has 0 amide bonds. The first-order valence-corrected chi connectivity index (χ1v) is 8.46. The summed E-state index contributed by atoms with van der Waals surface area (Å²) in [4.78, 5) is 11.5. The van der Waals surface area contributed by atoms with Crippen LogP contribution in [0, 0.1) is 0 Å². The Kier molecular flexibility index (Phi) is 4.33. The Morgan fingerprint density at radius 1 is 1.00 bits per heavy atom. The summed E-state index contributed by atoms with van der Waals surface area (Å²) in [7, 11) is -0.771. The molecule has 0 unspecified atom stereocenters. The molecule has 1 aliphatic heterocycles. The molecule has 4 heteroatoms. The molecule has 0 aliphatic carbocycles. The zero-order valence-corrected chi connectivity index (χ0v) is 12.6. The SMILES string of the molecule is O=C(O)[C@@H]1CCCN1P(c1ccccc1)c1ccccc1. The predicted octanol–water partition coefficient (Wildman–Crippen LogP) is 2.58. The standard InChI is InChI=1S/C17H18NO2P/c19-17(20)16-12-7-13-18(16)21(14-8-3-1-4-9-14)15-10-5-2-6-11-15/h1-6,8-11,16H,7,12-13H2,(H,19,20)/t16-/m0/s1. The molecule has 2 aromatic carbocycles. The topological polar surface area (TPSA) is 40.5 Å². The Morgan fingerprint density at radius 2 is 1.52 bits per heavy atom. The number of benzene rings is 2. The molecule has 108 valence electrons. The molecule has 0 radical (unpaired) electrons. The summed E-state index contributed by atoms with van der Waals surface area (Å²) in [6, 6.07) is 20.2. The third-order valence-corrected chi connectivity index (χ3v) is 6.34. The van der Waals surface area contributed by atoms with Crippen LogP contribution < -0.4 is 10.6 Å². The van der Waals surface area contributed by atoms with Gasteiger partial charge in [-0.2, -0.15) is 0 Å². The number of carboxylic acids is 1. The number of carbonyl (C=O) groups is 1. The lowest BCUT2D eigenvalue weighted by Gasteiger charge is -2.31. The summed E-state index contributed by atoms with van der Waals surface area (Å²) in [6.45, 7) is 0.854. The minimum Gasteiger partial charge on any atom is -0.480 e. The molecule has 0 aromatic heterocycles. The van der Waals surface area contributed by atoms with E-state index in [1.807, 2.05) is 36.4 Å². The highest BCUT2D eigenvalue weighted by atomic mass is 31.1. The number of aliphatic carboxylic acids is 1. The summed E-state index contributed by atoms with van der Waals surface area (Å²) in [5.41, 5.74) is 0. The third kappa shape index (κ3) is 2.99. The first-order chi connectivity index (χ1) is 10.3. The van der Waals surface area contributed by atoms with Crippen LogP contribution in [-0.2, 0) is 4.79 Å². The molecule has 0 saturated carbocycles. The molecule has 1 aliphatic rings. The van der Waals surface area contributed by atoms with Gasteiger partial charge in [-0.25, -0.2) is 0 Å². The van der Waals surface area contributed by atoms with Crippen molar-refractivity contribution < 1.29 is 9.90 Å². The van der Waals surface area contributed by atoms with Crippen molar-refractivity contribution in [2.45, 2.75) is 18.9 Å². The first kappa shape index (κ1) is 14.2. The van der Waals surface area contributed by atoms with Crippen molar-refractivity contribution in [1.82, 2.24) is 4.67 Å². The van der Waals surface area contributed by atoms with Gasteiger partial charge in [0.15, 0.2) is 0 Å². The van der Waals surface area contributed by atoms with Crippen LogP contribution in [-0.4, -0.2) is 28.3 Å². The normalized spacial score (nSPS) is 19.0. The van der Waals surface area contributed by atoms with Gasteiger partial charge >= 0.3 is 5.97 Å². The van der Waals surface area contributed by atoms with Crippen LogP contribution in [0.15, 0.2) is 60.7 Å². The largest absolute Gasteiger partial charge is 0.480 e. The van der Waals surface area contributed by atoms with E-state index in [1.165, 1.54) is 10.6 Å². The highest BCUT2D eigenvalue weighted by Gasteiger charge is 2.36. The summed E-state index contributed by atoms with van der Waals surface area (Å²) >= 11 is 0. The van der Waals surface area contributed by atoms with Gasteiger partial charge in [0, 0.05) is 14.6 Å². The molecule has 3 rings (SSSR count). The van der Waals surface area contributed by atoms with Crippen molar-refractivity contribution >= 4 is 24.7 Å². The second-order valence-corrected chi connectivity index (χ2v) is 7.31. The van der Waals surface area contributed by atoms with E-state index in [4.69, 9.17) is 0 Å². The fourth-order valence-corrected chi connectivity index (χ4v) is 5.46. The molecular weight excluding hydrogens is 281 g/mol. The molecule has 1 heterocycles. The third-order valence-electron chi connectivity index (χ3n) is 3.77. The van der Waals surface area contributed by atoms with Gasteiger partial charge in [0.05, 0.1) is 0 Å². The number of nitrogens with zero attached hydrogens (tertiary/aromatic N) is 1. The van der Waals surface area contributed by atoms with E-state index in [-0.39, 0.29) is 6.04 Å². The quantitative estimate of drug-likeness (QED) is 0.882. The van der Waals surface area contributed by atoms with Crippen LogP contribution in [0.4, 0.5) is 0 Å². The smallest absolute Gasteiger partial charge is 0.321 e. The average Bonchev–Trinajstić information content (AvgIpc) is 2.99. The van der Waals surface area contributed by atoms with E-state index in [0.29, 0.717) is 0 Å². The van der Waals surface area contributed by atoms with Gasteiger partial charge in [-0.15, -0.1) is 0 Å². The van der Waals surface area contributed by atoms with E-state index in [0.717, 1.165) is 19.4 Å². The zero-order chi connectivity index (χ0) is 14.7. The molecule has 0 bridgehead atoms. The number of hydrogen-bond acceptors (Lipinski definition) is 2. The fraction of sp³-hybridized carbons (Fsp3) is 0.235. The van der Waals surface area contributed by atoms with Gasteiger partial charge in [-0.1, -0.05) is 60.7 Å². The summed E-state index contributed by atoms with van der Waals surface area (Å²) in [6.07, 6.45) is 1.70. The molecule has 0 spiro atoms. The van der Waals surface area contributed by atoms with E-state index < -0.39 is 14.0 Å². The van der Waals surface area contributed by atoms with E-state index >= 15 is 0 Å². The second kappa shape index (κ2) is 6.38. The number of carboxylic acid groups (broad SMARTS) is 1. The highest BCUT2D eigenvalue weighted by molar-refractivity contribution is 7.70. The second-order valence-electron chi connectivity index (χ2n) is 5.14. The molecule has 1 atom stereocenters. The molecule has 3 nitrogen and oxygen atoms in total. The van der Waals surface area contributed by atoms with Gasteiger partial charge in [0.2, 0.25) is 0 Å². The fourth-order valence-electron chi connectivity index (χ4n) is 2.83. The van der Waals surface area contributed by atoms with Crippen molar-refractivity contribution in [2.75, 3.05) is 6.54 Å². The van der Waals surface area contributed by atoms with Gasteiger partial charge in [-0.3, -0.25) is 9.46 Å². The maximum absolute atomic E-state index is 11.5. The van der Waals surface area contributed by atoms with Gasteiger partial charge < -0.3 is 5.11 Å². The van der Waals surface area contributed by atoms with Gasteiger partial charge in [-0.05, 0) is 23.5 Å². The minimum absolute atomic E-state index is 0.364. The van der Waals surface area contributed by atoms with E-state index in [1.54, 1.807) is 0 Å². The van der Waals surface area contributed by atoms with Crippen molar-refractivity contribution in [3.8, 4) is 0 Å². The Hall–Kier alpha value is -1.70. The van der Waals surface area contributed by atoms with Gasteiger partial charge in [0.25, 0.3) is 0 Å². The Labute approximate surface area is 126 Å². The maximum Gasteiger partial charge on any atom is 0.321 e. The van der Waals surface area contributed by atoms with Crippen molar-refractivity contribution in [3.63, 3.8) is 0 Å². The Balaban J connectivity index is 2.03. The highest BCUT2D eigenvalue weighted by Crippen LogP contribution is 2.43. The Morgan fingerprint density at radius 3 is 2.00 bits per heavy atom. The van der Waals surface area contributed by atoms with Crippen LogP contribution in [0.25, 0.3) is 0 Å². The molecule has 1 fully saturated rings.